The van der Waals surface area contributed by atoms with Gasteiger partial charge in [0.2, 0.25) is 0 Å². The summed E-state index contributed by atoms with van der Waals surface area (Å²) in [6, 6.07) is 22.0. The molecule has 0 saturated heterocycles. The Kier molecular flexibility index (Phi) is 7.73. The fourth-order valence-corrected chi connectivity index (χ4v) is 4.36. The Hall–Kier alpha value is -3.77. The SMILES string of the molecule is CCOc1ccc(CCNCc2c(C(=O)O)n(Cc3ccc(C)cc3)c3cc(OC)ccc23)cc1. The van der Waals surface area contributed by atoms with Crippen molar-refractivity contribution in [3.63, 3.8) is 0 Å². The van der Waals surface area contributed by atoms with Gasteiger partial charge in [-0.3, -0.25) is 0 Å². The molecule has 1 aromatic heterocycles. The summed E-state index contributed by atoms with van der Waals surface area (Å²) in [5.41, 5.74) is 5.37. The molecule has 0 spiro atoms. The Balaban J connectivity index is 1.59. The van der Waals surface area contributed by atoms with E-state index in [1.807, 2.05) is 73.0 Å². The third kappa shape index (κ3) is 5.66. The summed E-state index contributed by atoms with van der Waals surface area (Å²) in [5, 5.41) is 14.6. The van der Waals surface area contributed by atoms with E-state index < -0.39 is 5.97 Å². The van der Waals surface area contributed by atoms with Crippen molar-refractivity contribution >= 4 is 16.9 Å². The Morgan fingerprint density at radius 2 is 1.66 bits per heavy atom. The Bertz CT molecular complexity index is 1290. The van der Waals surface area contributed by atoms with Gasteiger partial charge in [-0.05, 0) is 62.2 Å². The number of hydrogen-bond donors (Lipinski definition) is 2. The fourth-order valence-electron chi connectivity index (χ4n) is 4.36. The number of carbonyl (C=O) groups is 1. The molecule has 1 heterocycles. The third-order valence-corrected chi connectivity index (χ3v) is 6.17. The van der Waals surface area contributed by atoms with Gasteiger partial charge in [-0.2, -0.15) is 0 Å². The minimum atomic E-state index is -0.935. The number of carboxylic acids is 1. The number of methoxy groups -OCH3 is 1. The number of ether oxygens (including phenoxy) is 2. The number of aromatic carboxylic acids is 1. The predicted molar refractivity (Wildman–Crippen MR) is 139 cm³/mol. The van der Waals surface area contributed by atoms with Crippen molar-refractivity contribution in [1.82, 2.24) is 9.88 Å². The van der Waals surface area contributed by atoms with Gasteiger partial charge in [0.15, 0.2) is 0 Å². The summed E-state index contributed by atoms with van der Waals surface area (Å²) in [4.78, 5) is 12.5. The first-order valence-corrected chi connectivity index (χ1v) is 11.9. The van der Waals surface area contributed by atoms with Crippen LogP contribution in [0.1, 0.15) is 39.7 Å². The van der Waals surface area contributed by atoms with Crippen LogP contribution in [0.5, 0.6) is 11.5 Å². The molecular formula is C29H32N2O4. The number of nitrogens with zero attached hydrogens (tertiary/aromatic N) is 1. The van der Waals surface area contributed by atoms with E-state index in [2.05, 4.69) is 17.4 Å². The standard InChI is InChI=1S/C29H32N2O4/c1-4-35-23-11-9-21(10-12-23)15-16-30-18-26-25-14-13-24(34-3)17-27(25)31(28(26)29(32)33)19-22-7-5-20(2)6-8-22/h5-14,17,30H,4,15-16,18-19H2,1-3H3,(H,32,33). The molecule has 0 amide bonds. The summed E-state index contributed by atoms with van der Waals surface area (Å²) >= 11 is 0. The number of aromatic nitrogens is 1. The second kappa shape index (κ2) is 11.1. The highest BCUT2D eigenvalue weighted by Gasteiger charge is 2.22. The molecule has 0 radical (unpaired) electrons. The van der Waals surface area contributed by atoms with Crippen LogP contribution in [0.4, 0.5) is 0 Å². The van der Waals surface area contributed by atoms with Crippen LogP contribution in [0.15, 0.2) is 66.7 Å². The van der Waals surface area contributed by atoms with E-state index >= 15 is 0 Å². The first-order valence-electron chi connectivity index (χ1n) is 11.9. The van der Waals surface area contributed by atoms with Crippen LogP contribution >= 0.6 is 0 Å². The second-order valence-electron chi connectivity index (χ2n) is 8.59. The number of nitrogens with one attached hydrogen (secondary N) is 1. The average molecular weight is 473 g/mol. The number of carboxylic acid groups (broad SMARTS) is 1. The van der Waals surface area contributed by atoms with E-state index in [0.717, 1.165) is 40.7 Å². The maximum atomic E-state index is 12.5. The Labute approximate surface area is 206 Å². The molecule has 0 saturated carbocycles. The summed E-state index contributed by atoms with van der Waals surface area (Å²) in [5.74, 6) is 0.634. The first-order chi connectivity index (χ1) is 17.0. The van der Waals surface area contributed by atoms with Gasteiger partial charge in [0.05, 0.1) is 19.2 Å². The van der Waals surface area contributed by atoms with Crippen molar-refractivity contribution < 1.29 is 19.4 Å². The van der Waals surface area contributed by atoms with Gasteiger partial charge in [-0.1, -0.05) is 42.0 Å². The summed E-state index contributed by atoms with van der Waals surface area (Å²) in [6.45, 7) is 6.32. The van der Waals surface area contributed by atoms with E-state index in [4.69, 9.17) is 9.47 Å². The maximum absolute atomic E-state index is 12.5. The van der Waals surface area contributed by atoms with Gasteiger partial charge in [-0.25, -0.2) is 4.79 Å². The van der Waals surface area contributed by atoms with Crippen molar-refractivity contribution in [3.8, 4) is 11.5 Å². The molecule has 0 fully saturated rings. The minimum Gasteiger partial charge on any atom is -0.497 e. The molecule has 182 valence electrons. The summed E-state index contributed by atoms with van der Waals surface area (Å²) < 4.78 is 12.8. The first kappa shape index (κ1) is 24.4. The van der Waals surface area contributed by atoms with Crippen molar-refractivity contribution in [2.75, 3.05) is 20.3 Å². The average Bonchev–Trinajstić information content (AvgIpc) is 3.17. The van der Waals surface area contributed by atoms with Crippen molar-refractivity contribution in [2.45, 2.75) is 33.4 Å². The minimum absolute atomic E-state index is 0.308. The number of rotatable bonds is 11. The maximum Gasteiger partial charge on any atom is 0.352 e. The molecule has 35 heavy (non-hydrogen) atoms. The number of aryl methyl sites for hydroxylation is 1. The molecule has 6 nitrogen and oxygen atoms in total. The van der Waals surface area contributed by atoms with Gasteiger partial charge in [0.1, 0.15) is 17.2 Å². The van der Waals surface area contributed by atoms with Crippen LogP contribution in [0.3, 0.4) is 0 Å². The van der Waals surface area contributed by atoms with Crippen LogP contribution in [0, 0.1) is 6.92 Å². The quantitative estimate of drug-likeness (QED) is 0.285. The Morgan fingerprint density at radius 3 is 2.31 bits per heavy atom. The second-order valence-corrected chi connectivity index (χ2v) is 8.59. The summed E-state index contributed by atoms with van der Waals surface area (Å²) in [7, 11) is 1.62. The van der Waals surface area contributed by atoms with Gasteiger partial charge in [0.25, 0.3) is 0 Å². The lowest BCUT2D eigenvalue weighted by atomic mass is 10.1. The van der Waals surface area contributed by atoms with Crippen molar-refractivity contribution in [1.29, 1.82) is 0 Å². The van der Waals surface area contributed by atoms with Crippen LogP contribution in [-0.4, -0.2) is 35.9 Å². The molecule has 0 aliphatic carbocycles. The highest BCUT2D eigenvalue weighted by molar-refractivity contribution is 5.98. The third-order valence-electron chi connectivity index (χ3n) is 6.17. The van der Waals surface area contributed by atoms with Crippen molar-refractivity contribution in [3.05, 3.63) is 94.7 Å². The van der Waals surface area contributed by atoms with Crippen molar-refractivity contribution in [2.24, 2.45) is 0 Å². The van der Waals surface area contributed by atoms with Crippen LogP contribution in [0.2, 0.25) is 0 Å². The number of hydrogen-bond acceptors (Lipinski definition) is 4. The lowest BCUT2D eigenvalue weighted by molar-refractivity contribution is 0.0684. The van der Waals surface area contributed by atoms with E-state index in [1.54, 1.807) is 7.11 Å². The smallest absolute Gasteiger partial charge is 0.352 e. The topological polar surface area (TPSA) is 72.7 Å². The molecule has 3 aromatic carbocycles. The fraction of sp³-hybridized carbons (Fsp3) is 0.276. The van der Waals surface area contributed by atoms with Gasteiger partial charge in [-0.15, -0.1) is 0 Å². The normalized spacial score (nSPS) is 11.1. The molecule has 0 atom stereocenters. The zero-order chi connectivity index (χ0) is 24.8. The highest BCUT2D eigenvalue weighted by Crippen LogP contribution is 2.31. The van der Waals surface area contributed by atoms with E-state index in [1.165, 1.54) is 11.1 Å². The van der Waals surface area contributed by atoms with Gasteiger partial charge < -0.3 is 24.5 Å². The van der Waals surface area contributed by atoms with Gasteiger partial charge >= 0.3 is 5.97 Å². The highest BCUT2D eigenvalue weighted by atomic mass is 16.5. The van der Waals surface area contributed by atoms with E-state index in [0.29, 0.717) is 31.1 Å². The predicted octanol–water partition coefficient (Wildman–Crippen LogP) is 5.44. The molecule has 4 aromatic rings. The lowest BCUT2D eigenvalue weighted by Gasteiger charge is -2.11. The van der Waals surface area contributed by atoms with Crippen LogP contribution in [0.25, 0.3) is 10.9 Å². The molecule has 0 aliphatic heterocycles. The van der Waals surface area contributed by atoms with Crippen LogP contribution < -0.4 is 14.8 Å². The van der Waals surface area contributed by atoms with E-state index in [9.17, 15) is 9.90 Å². The molecule has 0 bridgehead atoms. The monoisotopic (exact) mass is 472 g/mol. The largest absolute Gasteiger partial charge is 0.497 e. The number of fused-ring (bicyclic) bond motifs is 1. The molecule has 2 N–H and O–H groups in total. The van der Waals surface area contributed by atoms with E-state index in [-0.39, 0.29) is 0 Å². The molecule has 6 heteroatoms. The van der Waals surface area contributed by atoms with Crippen LogP contribution in [-0.2, 0) is 19.5 Å². The summed E-state index contributed by atoms with van der Waals surface area (Å²) in [6.07, 6.45) is 0.838. The zero-order valence-corrected chi connectivity index (χ0v) is 20.5. The lowest BCUT2D eigenvalue weighted by Crippen LogP contribution is -2.19. The molecule has 0 aliphatic rings. The molecule has 4 rings (SSSR count). The molecular weight excluding hydrogens is 440 g/mol. The van der Waals surface area contributed by atoms with Gasteiger partial charge in [0, 0.05) is 30.1 Å². The Morgan fingerprint density at radius 1 is 0.971 bits per heavy atom. The number of benzene rings is 3. The zero-order valence-electron chi connectivity index (χ0n) is 20.5. The molecule has 0 unspecified atom stereocenters.